The van der Waals surface area contributed by atoms with Crippen LogP contribution in [0.4, 0.5) is 4.79 Å². The number of amides is 4. The minimum Gasteiger partial charge on any atom is -0.444 e. The molecule has 0 aliphatic rings. The molecule has 226 valence electrons. The number of aryl methyl sites for hydroxylation is 2. The number of rotatable bonds is 14. The van der Waals surface area contributed by atoms with Crippen LogP contribution < -0.4 is 16.4 Å². The highest BCUT2D eigenvalue weighted by Crippen LogP contribution is 2.28. The quantitative estimate of drug-likeness (QED) is 0.269. The van der Waals surface area contributed by atoms with Crippen molar-refractivity contribution in [3.63, 3.8) is 0 Å². The van der Waals surface area contributed by atoms with Gasteiger partial charge in [-0.3, -0.25) is 14.4 Å². The SMILES string of the molecule is CCCCCCCCN(C(=O)C(CC(N)=O)NC(=O)OC(C)(C)C)C(C(=O)NC(C)(C)C)c1ccc(C)cc1C. The molecule has 0 spiro atoms. The van der Waals surface area contributed by atoms with Crippen molar-refractivity contribution in [1.82, 2.24) is 15.5 Å². The molecule has 0 aliphatic heterocycles. The summed E-state index contributed by atoms with van der Waals surface area (Å²) in [7, 11) is 0. The summed E-state index contributed by atoms with van der Waals surface area (Å²) in [5, 5.41) is 5.56. The van der Waals surface area contributed by atoms with E-state index in [9.17, 15) is 19.2 Å². The Morgan fingerprint density at radius 2 is 1.55 bits per heavy atom. The van der Waals surface area contributed by atoms with Crippen LogP contribution in [0, 0.1) is 13.8 Å². The number of carbonyl (C=O) groups excluding carboxylic acids is 4. The maximum atomic E-state index is 14.2. The van der Waals surface area contributed by atoms with Crippen LogP contribution in [0.5, 0.6) is 0 Å². The zero-order chi connectivity index (χ0) is 30.7. The van der Waals surface area contributed by atoms with Crippen LogP contribution in [0.2, 0.25) is 0 Å². The Kier molecular flexibility index (Phi) is 13.6. The van der Waals surface area contributed by atoms with Crippen molar-refractivity contribution < 1.29 is 23.9 Å². The molecule has 9 heteroatoms. The van der Waals surface area contributed by atoms with E-state index >= 15 is 0 Å². The number of carbonyl (C=O) groups is 4. The molecule has 0 bridgehead atoms. The van der Waals surface area contributed by atoms with Crippen molar-refractivity contribution in [3.8, 4) is 0 Å². The summed E-state index contributed by atoms with van der Waals surface area (Å²) in [6.07, 6.45) is 4.65. The van der Waals surface area contributed by atoms with Gasteiger partial charge in [0.05, 0.1) is 6.42 Å². The number of nitrogens with zero attached hydrogens (tertiary/aromatic N) is 1. The van der Waals surface area contributed by atoms with Crippen molar-refractivity contribution in [2.24, 2.45) is 5.73 Å². The van der Waals surface area contributed by atoms with Crippen molar-refractivity contribution in [2.45, 2.75) is 130 Å². The highest BCUT2D eigenvalue weighted by molar-refractivity contribution is 5.94. The Balaban J connectivity index is 3.56. The summed E-state index contributed by atoms with van der Waals surface area (Å²) in [6.45, 7) is 17.0. The van der Waals surface area contributed by atoms with Gasteiger partial charge in [0.15, 0.2) is 0 Å². The standard InChI is InChI=1S/C31H52N4O5/c1-10-11-12-13-14-15-18-35(28(38)24(20-25(32)36)33-29(39)40-31(7,8)9)26(27(37)34-30(4,5)6)23-17-16-21(2)19-22(23)3/h16-17,19,24,26H,10-15,18,20H2,1-9H3,(H2,32,36)(H,33,39)(H,34,37). The second-order valence-corrected chi connectivity index (χ2v) is 12.7. The highest BCUT2D eigenvalue weighted by Gasteiger charge is 2.38. The molecule has 0 heterocycles. The van der Waals surface area contributed by atoms with Crippen LogP contribution in [0.1, 0.15) is 116 Å². The zero-order valence-electron chi connectivity index (χ0n) is 26.1. The molecule has 0 aliphatic carbocycles. The number of nitrogens with one attached hydrogen (secondary N) is 2. The van der Waals surface area contributed by atoms with Crippen LogP contribution in [-0.2, 0) is 19.1 Å². The number of hydrogen-bond acceptors (Lipinski definition) is 5. The molecular weight excluding hydrogens is 508 g/mol. The third kappa shape index (κ3) is 12.8. The molecule has 0 fully saturated rings. The van der Waals surface area contributed by atoms with Gasteiger partial charge in [0.2, 0.25) is 17.7 Å². The van der Waals surface area contributed by atoms with E-state index in [0.29, 0.717) is 12.0 Å². The van der Waals surface area contributed by atoms with Crippen molar-refractivity contribution in [1.29, 1.82) is 0 Å². The Morgan fingerprint density at radius 3 is 2.08 bits per heavy atom. The van der Waals surface area contributed by atoms with E-state index in [1.54, 1.807) is 20.8 Å². The summed E-state index contributed by atoms with van der Waals surface area (Å²) >= 11 is 0. The first-order chi connectivity index (χ1) is 18.4. The molecule has 1 rings (SSSR count). The molecule has 0 aromatic heterocycles. The zero-order valence-corrected chi connectivity index (χ0v) is 26.1. The van der Waals surface area contributed by atoms with E-state index in [1.807, 2.05) is 52.8 Å². The van der Waals surface area contributed by atoms with Gasteiger partial charge >= 0.3 is 6.09 Å². The van der Waals surface area contributed by atoms with Gasteiger partial charge in [-0.25, -0.2) is 4.79 Å². The van der Waals surface area contributed by atoms with E-state index < -0.39 is 47.6 Å². The topological polar surface area (TPSA) is 131 Å². The van der Waals surface area contributed by atoms with Crippen LogP contribution >= 0.6 is 0 Å². The number of benzene rings is 1. The normalized spacial score (nSPS) is 13.2. The maximum Gasteiger partial charge on any atom is 0.408 e. The fourth-order valence-corrected chi connectivity index (χ4v) is 4.50. The minimum absolute atomic E-state index is 0.270. The number of nitrogens with two attached hydrogens (primary N) is 1. The van der Waals surface area contributed by atoms with Crippen LogP contribution in [-0.4, -0.2) is 52.4 Å². The summed E-state index contributed by atoms with van der Waals surface area (Å²) in [5.74, 6) is -1.66. The molecule has 1 aromatic carbocycles. The van der Waals surface area contributed by atoms with Crippen LogP contribution in [0.3, 0.4) is 0 Å². The van der Waals surface area contributed by atoms with E-state index in [1.165, 1.54) is 4.90 Å². The number of ether oxygens (including phenoxy) is 1. The molecule has 9 nitrogen and oxygen atoms in total. The smallest absolute Gasteiger partial charge is 0.408 e. The minimum atomic E-state index is -1.29. The van der Waals surface area contributed by atoms with Crippen molar-refractivity contribution in [3.05, 3.63) is 34.9 Å². The average Bonchev–Trinajstić information content (AvgIpc) is 2.78. The number of primary amides is 1. The predicted octanol–water partition coefficient (Wildman–Crippen LogP) is 5.22. The molecule has 0 radical (unpaired) electrons. The fraction of sp³-hybridized carbons (Fsp3) is 0.677. The summed E-state index contributed by atoms with van der Waals surface area (Å²) in [5.41, 5.74) is 6.71. The molecule has 0 saturated heterocycles. The van der Waals surface area contributed by atoms with Crippen molar-refractivity contribution in [2.75, 3.05) is 6.54 Å². The lowest BCUT2D eigenvalue weighted by atomic mass is 9.95. The van der Waals surface area contributed by atoms with E-state index in [2.05, 4.69) is 17.6 Å². The monoisotopic (exact) mass is 560 g/mol. The van der Waals surface area contributed by atoms with Gasteiger partial charge in [0.25, 0.3) is 0 Å². The molecular formula is C31H52N4O5. The Labute approximate surface area is 241 Å². The van der Waals surface area contributed by atoms with Gasteiger partial charge in [-0.1, -0.05) is 62.8 Å². The third-order valence-corrected chi connectivity index (χ3v) is 6.21. The Bertz CT molecular complexity index is 1010. The third-order valence-electron chi connectivity index (χ3n) is 6.21. The van der Waals surface area contributed by atoms with Gasteiger partial charge in [-0.05, 0) is 72.9 Å². The molecule has 0 saturated carbocycles. The second-order valence-electron chi connectivity index (χ2n) is 12.7. The molecule has 1 aromatic rings. The fourth-order valence-electron chi connectivity index (χ4n) is 4.50. The van der Waals surface area contributed by atoms with E-state index in [4.69, 9.17) is 10.5 Å². The lowest BCUT2D eigenvalue weighted by Gasteiger charge is -2.36. The highest BCUT2D eigenvalue weighted by atomic mass is 16.6. The van der Waals surface area contributed by atoms with Crippen molar-refractivity contribution >= 4 is 23.8 Å². The molecule has 40 heavy (non-hydrogen) atoms. The Hall–Kier alpha value is -3.10. The lowest BCUT2D eigenvalue weighted by Crippen LogP contribution is -2.55. The number of unbranched alkanes of at least 4 members (excludes halogenated alkanes) is 5. The van der Waals surface area contributed by atoms with E-state index in [-0.39, 0.29) is 12.5 Å². The van der Waals surface area contributed by atoms with Gasteiger partial charge in [-0.2, -0.15) is 0 Å². The number of alkyl carbamates (subject to hydrolysis) is 1. The first kappa shape index (κ1) is 34.9. The van der Waals surface area contributed by atoms with Gasteiger partial charge < -0.3 is 26.0 Å². The molecule has 4 N–H and O–H groups in total. The average molecular weight is 561 g/mol. The molecule has 2 atom stereocenters. The van der Waals surface area contributed by atoms with Crippen LogP contribution in [0.25, 0.3) is 0 Å². The maximum absolute atomic E-state index is 14.2. The predicted molar refractivity (Wildman–Crippen MR) is 159 cm³/mol. The van der Waals surface area contributed by atoms with Crippen LogP contribution in [0.15, 0.2) is 18.2 Å². The second kappa shape index (κ2) is 15.6. The Morgan fingerprint density at radius 1 is 0.950 bits per heavy atom. The summed E-state index contributed by atoms with van der Waals surface area (Å²) < 4.78 is 5.35. The summed E-state index contributed by atoms with van der Waals surface area (Å²) in [4.78, 5) is 54.2. The van der Waals surface area contributed by atoms with Gasteiger partial charge in [0.1, 0.15) is 17.7 Å². The first-order valence-corrected chi connectivity index (χ1v) is 14.4. The molecule has 4 amide bonds. The number of hydrogen-bond donors (Lipinski definition) is 3. The van der Waals surface area contributed by atoms with Gasteiger partial charge in [-0.15, -0.1) is 0 Å². The lowest BCUT2D eigenvalue weighted by molar-refractivity contribution is -0.144. The summed E-state index contributed by atoms with van der Waals surface area (Å²) in [6, 6.07) is 3.48. The first-order valence-electron chi connectivity index (χ1n) is 14.4. The van der Waals surface area contributed by atoms with E-state index in [0.717, 1.165) is 43.2 Å². The van der Waals surface area contributed by atoms with Gasteiger partial charge in [0, 0.05) is 12.1 Å². The largest absolute Gasteiger partial charge is 0.444 e. The molecule has 2 unspecified atom stereocenters.